The zero-order valence-corrected chi connectivity index (χ0v) is 16.5. The Labute approximate surface area is 167 Å². The molecule has 1 amide bonds. The van der Waals surface area contributed by atoms with Crippen molar-refractivity contribution in [3.63, 3.8) is 0 Å². The highest BCUT2D eigenvalue weighted by Crippen LogP contribution is 2.48. The van der Waals surface area contributed by atoms with E-state index >= 15 is 0 Å². The molecule has 150 valence electrons. The molecule has 0 bridgehead atoms. The number of aromatic nitrogens is 3. The number of carbonyl (C=O) groups excluding carboxylic acids is 1. The van der Waals surface area contributed by atoms with Gasteiger partial charge < -0.3 is 20.2 Å². The molecule has 29 heavy (non-hydrogen) atoms. The van der Waals surface area contributed by atoms with Crippen LogP contribution in [0.4, 0.5) is 5.82 Å². The van der Waals surface area contributed by atoms with Gasteiger partial charge in [-0.05, 0) is 25.3 Å². The predicted molar refractivity (Wildman–Crippen MR) is 108 cm³/mol. The van der Waals surface area contributed by atoms with Gasteiger partial charge in [0.15, 0.2) is 0 Å². The summed E-state index contributed by atoms with van der Waals surface area (Å²) in [7, 11) is 3.54. The first-order chi connectivity index (χ1) is 14.1. The maximum Gasteiger partial charge on any atom is 0.229 e. The van der Waals surface area contributed by atoms with Crippen molar-refractivity contribution < 1.29 is 13.9 Å². The van der Waals surface area contributed by atoms with Crippen LogP contribution in [0.15, 0.2) is 22.9 Å². The monoisotopic (exact) mass is 393 g/mol. The second-order valence-corrected chi connectivity index (χ2v) is 7.82. The van der Waals surface area contributed by atoms with Crippen LogP contribution in [0.25, 0.3) is 22.2 Å². The van der Waals surface area contributed by atoms with Gasteiger partial charge in [-0.1, -0.05) is 0 Å². The number of ether oxygens (including phenoxy) is 1. The Morgan fingerprint density at radius 2 is 2.14 bits per heavy atom. The van der Waals surface area contributed by atoms with Crippen LogP contribution < -0.4 is 11.1 Å². The van der Waals surface area contributed by atoms with Gasteiger partial charge >= 0.3 is 0 Å². The summed E-state index contributed by atoms with van der Waals surface area (Å²) in [6.07, 6.45) is 7.60. The molecular formula is C21H23N5O3. The highest BCUT2D eigenvalue weighted by Gasteiger charge is 2.51. The number of hydrogen-bond acceptors (Lipinski definition) is 7. The van der Waals surface area contributed by atoms with E-state index in [4.69, 9.17) is 19.9 Å². The quantitative estimate of drug-likeness (QED) is 0.683. The molecule has 1 unspecified atom stereocenters. The lowest BCUT2D eigenvalue weighted by molar-refractivity contribution is -0.120. The van der Waals surface area contributed by atoms with E-state index in [1.807, 2.05) is 13.1 Å². The summed E-state index contributed by atoms with van der Waals surface area (Å²) in [4.78, 5) is 25.8. The molecule has 0 spiro atoms. The van der Waals surface area contributed by atoms with Gasteiger partial charge in [-0.3, -0.25) is 9.78 Å². The standard InChI is InChI=1S/C21H23N5O3/c1-23-18-13-9-24-17(21(5-6-21)20(22)27)8-12(13)14(10-25-18)19-26-15-7-11(28-2)3-4-16(15)29-19/h8-11H,3-7H2,1-2H3,(H2,22,27)(H,23,25). The van der Waals surface area contributed by atoms with E-state index in [9.17, 15) is 4.79 Å². The molecule has 1 saturated carbocycles. The minimum Gasteiger partial charge on any atom is -0.441 e. The first kappa shape index (κ1) is 18.1. The first-order valence-corrected chi connectivity index (χ1v) is 9.84. The highest BCUT2D eigenvalue weighted by atomic mass is 16.5. The van der Waals surface area contributed by atoms with E-state index in [1.54, 1.807) is 19.5 Å². The van der Waals surface area contributed by atoms with Gasteiger partial charge in [-0.15, -0.1) is 0 Å². The fourth-order valence-corrected chi connectivity index (χ4v) is 4.18. The molecule has 0 radical (unpaired) electrons. The SMILES string of the molecule is CNc1ncc(-c2nc3c(o2)CCC(OC)C3)c2cc(C3(C(N)=O)CC3)ncc12. The second kappa shape index (κ2) is 6.52. The van der Waals surface area contributed by atoms with Crippen molar-refractivity contribution in [2.45, 2.75) is 43.6 Å². The number of oxazole rings is 1. The van der Waals surface area contributed by atoms with Crippen LogP contribution in [0.5, 0.6) is 0 Å². The van der Waals surface area contributed by atoms with Crippen LogP contribution in [-0.4, -0.2) is 41.1 Å². The van der Waals surface area contributed by atoms with Crippen LogP contribution in [-0.2, 0) is 27.8 Å². The zero-order chi connectivity index (χ0) is 20.2. The molecule has 2 aliphatic rings. The van der Waals surface area contributed by atoms with Gasteiger partial charge in [0.2, 0.25) is 11.8 Å². The predicted octanol–water partition coefficient (Wildman–Crippen LogP) is 2.35. The summed E-state index contributed by atoms with van der Waals surface area (Å²) in [5.74, 6) is 1.82. The lowest BCUT2D eigenvalue weighted by atomic mass is 9.98. The summed E-state index contributed by atoms with van der Waals surface area (Å²) in [5, 5.41) is 4.84. The van der Waals surface area contributed by atoms with Crippen LogP contribution in [0.2, 0.25) is 0 Å². The smallest absolute Gasteiger partial charge is 0.229 e. The highest BCUT2D eigenvalue weighted by molar-refractivity contribution is 6.01. The maximum atomic E-state index is 12.0. The average Bonchev–Trinajstić information content (AvgIpc) is 3.46. The van der Waals surface area contributed by atoms with Crippen LogP contribution in [0, 0.1) is 0 Å². The molecule has 5 rings (SSSR count). The number of amides is 1. The van der Waals surface area contributed by atoms with Crippen molar-refractivity contribution >= 4 is 22.5 Å². The maximum absolute atomic E-state index is 12.0. The summed E-state index contributed by atoms with van der Waals surface area (Å²) in [6.45, 7) is 0. The molecule has 1 fully saturated rings. The molecule has 8 heteroatoms. The van der Waals surface area contributed by atoms with Gasteiger partial charge in [0.1, 0.15) is 11.6 Å². The van der Waals surface area contributed by atoms with Gasteiger partial charge in [0.05, 0.1) is 28.5 Å². The largest absolute Gasteiger partial charge is 0.441 e. The van der Waals surface area contributed by atoms with Crippen molar-refractivity contribution in [3.8, 4) is 11.5 Å². The van der Waals surface area contributed by atoms with E-state index in [2.05, 4.69) is 15.3 Å². The first-order valence-electron chi connectivity index (χ1n) is 9.84. The second-order valence-electron chi connectivity index (χ2n) is 7.82. The number of anilines is 1. The average molecular weight is 393 g/mol. The number of nitrogens with two attached hydrogens (primary N) is 1. The third-order valence-corrected chi connectivity index (χ3v) is 6.18. The van der Waals surface area contributed by atoms with Crippen LogP contribution in [0.3, 0.4) is 0 Å². The van der Waals surface area contributed by atoms with Crippen LogP contribution >= 0.6 is 0 Å². The Morgan fingerprint density at radius 3 is 2.83 bits per heavy atom. The molecule has 2 aliphatic carbocycles. The number of primary amides is 1. The lowest BCUT2D eigenvalue weighted by Crippen LogP contribution is -2.29. The third-order valence-electron chi connectivity index (χ3n) is 6.18. The number of nitrogens with one attached hydrogen (secondary N) is 1. The van der Waals surface area contributed by atoms with Gasteiger partial charge in [0.25, 0.3) is 0 Å². The summed E-state index contributed by atoms with van der Waals surface area (Å²) >= 11 is 0. The van der Waals surface area contributed by atoms with E-state index in [0.717, 1.165) is 59.9 Å². The minimum atomic E-state index is -0.657. The molecular weight excluding hydrogens is 370 g/mol. The fraction of sp³-hybridized carbons (Fsp3) is 0.429. The van der Waals surface area contributed by atoms with Gasteiger partial charge in [0, 0.05) is 50.2 Å². The molecule has 8 nitrogen and oxygen atoms in total. The zero-order valence-electron chi connectivity index (χ0n) is 16.5. The number of hydrogen-bond donors (Lipinski definition) is 2. The van der Waals surface area contributed by atoms with Gasteiger partial charge in [-0.25, -0.2) is 9.97 Å². The number of nitrogens with zero attached hydrogens (tertiary/aromatic N) is 3. The van der Waals surface area contributed by atoms with Gasteiger partial charge in [-0.2, -0.15) is 0 Å². The molecule has 3 heterocycles. The van der Waals surface area contributed by atoms with E-state index in [0.29, 0.717) is 17.4 Å². The topological polar surface area (TPSA) is 116 Å². The molecule has 0 aliphatic heterocycles. The number of rotatable bonds is 5. The molecule has 0 aromatic carbocycles. The third kappa shape index (κ3) is 2.78. The minimum absolute atomic E-state index is 0.170. The fourth-order valence-electron chi connectivity index (χ4n) is 4.18. The summed E-state index contributed by atoms with van der Waals surface area (Å²) < 4.78 is 11.6. The number of aryl methyl sites for hydroxylation is 1. The van der Waals surface area contributed by atoms with E-state index in [-0.39, 0.29) is 12.0 Å². The molecule has 3 N–H and O–H groups in total. The van der Waals surface area contributed by atoms with Crippen LogP contribution in [0.1, 0.15) is 36.4 Å². The number of fused-ring (bicyclic) bond motifs is 2. The Balaban J connectivity index is 1.66. The molecule has 0 saturated heterocycles. The number of methoxy groups -OCH3 is 1. The summed E-state index contributed by atoms with van der Waals surface area (Å²) in [5.41, 5.74) is 7.42. The Morgan fingerprint density at radius 1 is 1.31 bits per heavy atom. The number of carbonyl (C=O) groups is 1. The molecule has 1 atom stereocenters. The normalized spacial score (nSPS) is 19.7. The van der Waals surface area contributed by atoms with Crippen molar-refractivity contribution in [1.82, 2.24) is 15.0 Å². The van der Waals surface area contributed by atoms with Crippen molar-refractivity contribution in [3.05, 3.63) is 35.6 Å². The van der Waals surface area contributed by atoms with Crippen molar-refractivity contribution in [2.75, 3.05) is 19.5 Å². The number of pyridine rings is 2. The molecule has 3 aromatic heterocycles. The van der Waals surface area contributed by atoms with E-state index in [1.165, 1.54) is 0 Å². The lowest BCUT2D eigenvalue weighted by Gasteiger charge is -2.17. The van der Waals surface area contributed by atoms with Crippen molar-refractivity contribution in [2.24, 2.45) is 5.73 Å². The Kier molecular flexibility index (Phi) is 4.06. The van der Waals surface area contributed by atoms with Crippen molar-refractivity contribution in [1.29, 1.82) is 0 Å². The van der Waals surface area contributed by atoms with E-state index < -0.39 is 5.41 Å². The Bertz CT molecular complexity index is 1120. The Hall–Kier alpha value is -3.00. The molecule has 3 aromatic rings. The summed E-state index contributed by atoms with van der Waals surface area (Å²) in [6, 6.07) is 1.94.